The highest BCUT2D eigenvalue weighted by Crippen LogP contribution is 2.06. The van der Waals surface area contributed by atoms with Crippen LogP contribution in [0.2, 0.25) is 0 Å². The Kier molecular flexibility index (Phi) is 3.45. The van der Waals surface area contributed by atoms with Crippen molar-refractivity contribution < 1.29 is 4.79 Å². The number of nitriles is 1. The van der Waals surface area contributed by atoms with Crippen molar-refractivity contribution in [3.05, 3.63) is 42.0 Å². The van der Waals surface area contributed by atoms with Crippen LogP contribution in [-0.2, 0) is 4.79 Å². The highest BCUT2D eigenvalue weighted by atomic mass is 16.1. The summed E-state index contributed by atoms with van der Waals surface area (Å²) in [4.78, 5) is 11.4. The van der Waals surface area contributed by atoms with Gasteiger partial charge in [0.2, 0.25) is 0 Å². The molecular formula is C11H10N2O. The average Bonchev–Trinajstić information content (AvgIpc) is 2.21. The summed E-state index contributed by atoms with van der Waals surface area (Å²) in [6, 6.07) is 10.8. The van der Waals surface area contributed by atoms with Crippen LogP contribution in [0.15, 0.2) is 42.0 Å². The second-order valence-electron chi connectivity index (χ2n) is 2.63. The van der Waals surface area contributed by atoms with Gasteiger partial charge in [0.15, 0.2) is 0 Å². The lowest BCUT2D eigenvalue weighted by Crippen LogP contribution is -2.13. The summed E-state index contributed by atoms with van der Waals surface area (Å²) in [5.41, 5.74) is 0.806. The topological polar surface area (TPSA) is 52.9 Å². The van der Waals surface area contributed by atoms with E-state index in [4.69, 9.17) is 5.26 Å². The molecule has 14 heavy (non-hydrogen) atoms. The van der Waals surface area contributed by atoms with Gasteiger partial charge in [-0.15, -0.1) is 0 Å². The van der Waals surface area contributed by atoms with E-state index in [0.29, 0.717) is 5.69 Å². The number of amides is 1. The quantitative estimate of drug-likeness (QED) is 0.568. The predicted molar refractivity (Wildman–Crippen MR) is 54.4 cm³/mol. The number of nitrogens with zero attached hydrogens (tertiary/aromatic N) is 1. The van der Waals surface area contributed by atoms with E-state index in [-0.39, 0.29) is 11.5 Å². The van der Waals surface area contributed by atoms with Gasteiger partial charge in [0.1, 0.15) is 11.6 Å². The van der Waals surface area contributed by atoms with Gasteiger partial charge in [-0.1, -0.05) is 24.3 Å². The summed E-state index contributed by atoms with van der Waals surface area (Å²) in [6.45, 7) is 1.66. The van der Waals surface area contributed by atoms with E-state index < -0.39 is 0 Å². The first-order chi connectivity index (χ1) is 6.77. The number of hydrogen-bond acceptors (Lipinski definition) is 2. The van der Waals surface area contributed by atoms with Gasteiger partial charge in [0, 0.05) is 5.69 Å². The second-order valence-corrected chi connectivity index (χ2v) is 2.63. The van der Waals surface area contributed by atoms with Crippen LogP contribution in [0.4, 0.5) is 5.69 Å². The Morgan fingerprint density at radius 3 is 2.57 bits per heavy atom. The maximum Gasteiger partial charge on any atom is 0.265 e. The molecule has 0 aliphatic rings. The first-order valence-electron chi connectivity index (χ1n) is 4.20. The molecule has 0 aliphatic carbocycles. The Hall–Kier alpha value is -2.08. The SMILES string of the molecule is CC=C(C#N)C(=O)Nc1ccccc1. The third kappa shape index (κ3) is 2.46. The summed E-state index contributed by atoms with van der Waals surface area (Å²) >= 11 is 0. The fourth-order valence-electron chi connectivity index (χ4n) is 0.966. The van der Waals surface area contributed by atoms with E-state index in [9.17, 15) is 4.79 Å². The van der Waals surface area contributed by atoms with Crippen LogP contribution >= 0.6 is 0 Å². The Bertz CT molecular complexity index is 387. The zero-order chi connectivity index (χ0) is 10.4. The van der Waals surface area contributed by atoms with Crippen LogP contribution in [0, 0.1) is 11.3 Å². The Morgan fingerprint density at radius 1 is 1.43 bits per heavy atom. The van der Waals surface area contributed by atoms with E-state index in [1.54, 1.807) is 19.1 Å². The van der Waals surface area contributed by atoms with Gasteiger partial charge in [-0.25, -0.2) is 0 Å². The number of anilines is 1. The van der Waals surface area contributed by atoms with Gasteiger partial charge in [0.25, 0.3) is 5.91 Å². The van der Waals surface area contributed by atoms with E-state index in [0.717, 1.165) is 0 Å². The summed E-state index contributed by atoms with van der Waals surface area (Å²) in [7, 11) is 0. The average molecular weight is 186 g/mol. The molecule has 0 unspecified atom stereocenters. The molecule has 1 N–H and O–H groups in total. The van der Waals surface area contributed by atoms with E-state index in [1.807, 2.05) is 24.3 Å². The summed E-state index contributed by atoms with van der Waals surface area (Å²) < 4.78 is 0. The van der Waals surface area contributed by atoms with Crippen LogP contribution in [0.3, 0.4) is 0 Å². The molecule has 3 nitrogen and oxygen atoms in total. The molecule has 0 fully saturated rings. The Morgan fingerprint density at radius 2 is 2.07 bits per heavy atom. The minimum Gasteiger partial charge on any atom is -0.321 e. The van der Waals surface area contributed by atoms with E-state index >= 15 is 0 Å². The molecule has 0 heterocycles. The maximum atomic E-state index is 11.4. The van der Waals surface area contributed by atoms with Crippen molar-refractivity contribution in [3.8, 4) is 6.07 Å². The molecule has 0 saturated carbocycles. The number of rotatable bonds is 2. The summed E-state index contributed by atoms with van der Waals surface area (Å²) in [5, 5.41) is 11.2. The molecular weight excluding hydrogens is 176 g/mol. The van der Waals surface area contributed by atoms with Crippen molar-refractivity contribution in [1.29, 1.82) is 5.26 Å². The molecule has 0 radical (unpaired) electrons. The number of carbonyl (C=O) groups excluding carboxylic acids is 1. The van der Waals surface area contributed by atoms with Crippen molar-refractivity contribution in [1.82, 2.24) is 0 Å². The molecule has 0 spiro atoms. The Labute approximate surface area is 82.7 Å². The highest BCUT2D eigenvalue weighted by molar-refractivity contribution is 6.06. The van der Waals surface area contributed by atoms with Gasteiger partial charge in [-0.05, 0) is 19.1 Å². The first kappa shape index (κ1) is 10.0. The zero-order valence-electron chi connectivity index (χ0n) is 7.82. The largest absolute Gasteiger partial charge is 0.321 e. The molecule has 1 amide bonds. The van der Waals surface area contributed by atoms with Crippen LogP contribution in [0.5, 0.6) is 0 Å². The van der Waals surface area contributed by atoms with E-state index in [1.165, 1.54) is 6.08 Å². The van der Waals surface area contributed by atoms with Crippen molar-refractivity contribution in [2.45, 2.75) is 6.92 Å². The molecule has 1 rings (SSSR count). The number of hydrogen-bond donors (Lipinski definition) is 1. The lowest BCUT2D eigenvalue weighted by Gasteiger charge is -2.02. The molecule has 70 valence electrons. The predicted octanol–water partition coefficient (Wildman–Crippen LogP) is 2.09. The van der Waals surface area contributed by atoms with Gasteiger partial charge < -0.3 is 5.32 Å². The van der Waals surface area contributed by atoms with Crippen LogP contribution in [0.1, 0.15) is 6.92 Å². The lowest BCUT2D eigenvalue weighted by molar-refractivity contribution is -0.112. The summed E-state index contributed by atoms with van der Waals surface area (Å²) in [6.07, 6.45) is 1.48. The van der Waals surface area contributed by atoms with Gasteiger partial charge in [0.05, 0.1) is 0 Å². The van der Waals surface area contributed by atoms with Crippen LogP contribution in [0.25, 0.3) is 0 Å². The van der Waals surface area contributed by atoms with Gasteiger partial charge in [-0.3, -0.25) is 4.79 Å². The fourth-order valence-corrected chi connectivity index (χ4v) is 0.966. The minimum atomic E-state index is -0.374. The van der Waals surface area contributed by atoms with Crippen LogP contribution < -0.4 is 5.32 Å². The molecule has 0 atom stereocenters. The number of allylic oxidation sites excluding steroid dienone is 1. The first-order valence-corrected chi connectivity index (χ1v) is 4.20. The smallest absolute Gasteiger partial charge is 0.265 e. The summed E-state index contributed by atoms with van der Waals surface area (Å²) in [5.74, 6) is -0.374. The minimum absolute atomic E-state index is 0.119. The van der Waals surface area contributed by atoms with E-state index in [2.05, 4.69) is 5.32 Å². The van der Waals surface area contributed by atoms with Crippen molar-refractivity contribution in [2.24, 2.45) is 0 Å². The third-order valence-electron chi connectivity index (χ3n) is 1.69. The Balaban J connectivity index is 2.73. The van der Waals surface area contributed by atoms with Crippen LogP contribution in [-0.4, -0.2) is 5.91 Å². The lowest BCUT2D eigenvalue weighted by atomic mass is 10.2. The van der Waals surface area contributed by atoms with Gasteiger partial charge >= 0.3 is 0 Å². The number of para-hydroxylation sites is 1. The standard InChI is InChI=1S/C11H10N2O/c1-2-9(8-12)11(14)13-10-6-4-3-5-7-10/h2-7H,1H3,(H,13,14). The molecule has 0 aliphatic heterocycles. The molecule has 0 bridgehead atoms. The normalized spacial score (nSPS) is 10.4. The maximum absolute atomic E-state index is 11.4. The molecule has 3 heteroatoms. The highest BCUT2D eigenvalue weighted by Gasteiger charge is 2.06. The number of carbonyl (C=O) groups is 1. The number of nitrogens with one attached hydrogen (secondary N) is 1. The third-order valence-corrected chi connectivity index (χ3v) is 1.69. The van der Waals surface area contributed by atoms with Gasteiger partial charge in [-0.2, -0.15) is 5.26 Å². The second kappa shape index (κ2) is 4.83. The molecule has 1 aromatic rings. The molecule has 1 aromatic carbocycles. The fraction of sp³-hybridized carbons (Fsp3) is 0.0909. The molecule has 0 saturated heterocycles. The molecule has 0 aromatic heterocycles. The monoisotopic (exact) mass is 186 g/mol. The number of benzene rings is 1. The van der Waals surface area contributed by atoms with Crippen molar-refractivity contribution in [2.75, 3.05) is 5.32 Å². The van der Waals surface area contributed by atoms with Crippen molar-refractivity contribution >= 4 is 11.6 Å². The zero-order valence-corrected chi connectivity index (χ0v) is 7.82. The van der Waals surface area contributed by atoms with Crippen molar-refractivity contribution in [3.63, 3.8) is 0 Å².